The van der Waals surface area contributed by atoms with Crippen molar-refractivity contribution in [3.05, 3.63) is 138 Å². The molecule has 7 aromatic heterocycles. The molecule has 1 saturated carbocycles. The molecule has 460 valence electrons. The summed E-state index contributed by atoms with van der Waals surface area (Å²) >= 11 is 25.6. The van der Waals surface area contributed by atoms with E-state index >= 15 is 0 Å². The number of carbonyl (C=O) groups is 1. The van der Waals surface area contributed by atoms with E-state index in [0.717, 1.165) is 145 Å². The molecule has 1 unspecified atom stereocenters. The van der Waals surface area contributed by atoms with E-state index in [2.05, 4.69) is 78.8 Å². The van der Waals surface area contributed by atoms with Crippen LogP contribution in [0.3, 0.4) is 0 Å². The van der Waals surface area contributed by atoms with Gasteiger partial charge in [0.15, 0.2) is 5.78 Å². The summed E-state index contributed by atoms with van der Waals surface area (Å²) in [6.07, 6.45) is 16.8. The highest BCUT2D eigenvalue weighted by molar-refractivity contribution is 8.24. The first kappa shape index (κ1) is 66.8. The molecule has 26 heteroatoms. The second-order valence-electron chi connectivity index (χ2n) is 20.5. The van der Waals surface area contributed by atoms with Gasteiger partial charge in [0.1, 0.15) is 68.4 Å². The fourth-order valence-corrected chi connectivity index (χ4v) is 10.7. The average Bonchev–Trinajstić information content (AvgIpc) is 1.68. The van der Waals surface area contributed by atoms with Crippen LogP contribution >= 0.6 is 62.1 Å². The van der Waals surface area contributed by atoms with E-state index in [1.54, 1.807) is 28.1 Å². The Kier molecular flexibility index (Phi) is 24.3. The number of methoxy groups -OCH3 is 2. The van der Waals surface area contributed by atoms with Crippen molar-refractivity contribution in [2.75, 3.05) is 38.5 Å². The van der Waals surface area contributed by atoms with Crippen molar-refractivity contribution in [2.24, 2.45) is 0 Å². The highest BCUT2D eigenvalue weighted by atomic mass is 36.0. The number of hydrogen-bond acceptors (Lipinski definition) is 18. The van der Waals surface area contributed by atoms with E-state index in [1.165, 1.54) is 36.8 Å². The summed E-state index contributed by atoms with van der Waals surface area (Å²) in [6, 6.07) is 16.8. The van der Waals surface area contributed by atoms with Crippen molar-refractivity contribution in [2.45, 2.75) is 136 Å². The van der Waals surface area contributed by atoms with Crippen LogP contribution in [0.5, 0.6) is 17.4 Å². The van der Waals surface area contributed by atoms with Crippen LogP contribution in [0.2, 0.25) is 5.15 Å². The number of aromatic hydroxyl groups is 1. The van der Waals surface area contributed by atoms with Crippen LogP contribution in [0.25, 0.3) is 33.3 Å². The minimum absolute atomic E-state index is 0.0654. The van der Waals surface area contributed by atoms with Crippen LogP contribution in [0.1, 0.15) is 121 Å². The third-order valence-electron chi connectivity index (χ3n) is 14.2. The number of aromatic nitrogens is 8. The molecule has 13 rings (SSSR count). The van der Waals surface area contributed by atoms with E-state index in [-0.39, 0.29) is 28.2 Å². The van der Waals surface area contributed by atoms with Crippen molar-refractivity contribution in [1.82, 2.24) is 39.9 Å². The number of furan rings is 3. The Bertz CT molecular complexity index is 3870. The molecule has 20 nitrogen and oxygen atoms in total. The highest BCUT2D eigenvalue weighted by Gasteiger charge is 2.26. The van der Waals surface area contributed by atoms with Crippen molar-refractivity contribution >= 4 is 118 Å². The molecule has 4 aliphatic rings. The summed E-state index contributed by atoms with van der Waals surface area (Å²) in [4.78, 5) is 65.6. The van der Waals surface area contributed by atoms with Crippen molar-refractivity contribution in [3.8, 4) is 17.4 Å². The second-order valence-corrected chi connectivity index (χ2v) is 28.0. The van der Waals surface area contributed by atoms with Crippen molar-refractivity contribution < 1.29 is 37.2 Å². The van der Waals surface area contributed by atoms with Gasteiger partial charge in [0.05, 0.1) is 36.4 Å². The zero-order valence-corrected chi connectivity index (χ0v) is 53.9. The number of nitrogens with zero attached hydrogens (tertiary/aromatic N) is 7. The quantitative estimate of drug-likeness (QED) is 0.0708. The number of aryl methyl sites for hydroxylation is 10. The van der Waals surface area contributed by atoms with Gasteiger partial charge in [-0.2, -0.15) is 15.0 Å². The lowest BCUT2D eigenvalue weighted by Gasteiger charge is -2.20. The molecule has 9 aromatic rings. The number of ether oxygens (including phenoxy) is 2. The third-order valence-corrected chi connectivity index (χ3v) is 15.0. The topological polar surface area (TPSA) is 271 Å². The van der Waals surface area contributed by atoms with Gasteiger partial charge in [0.2, 0.25) is 23.0 Å². The van der Waals surface area contributed by atoms with Crippen LogP contribution in [0.4, 0.5) is 17.2 Å². The molecule has 2 aromatic carbocycles. The number of alkyl halides is 1. The standard InChI is InChI=1S/C19H21N3O2.C11H11ClN2O.C11H12N2O2.C8H11NO.C6H9ClO.C5H6N2O2.Cl3OP/c1-12-20-18(22(2)13-8-10-14(23-3)11-9-13)17-15-6-4-5-7-16(15)24-19(17)21-12;1-6-13-10(12)9-7-4-2-3-5-8(7)15-11(9)14-6;1-6-12-10(14)9-7-4-2-3-5-8(7)15-11(9)13-6;1-9-7-3-5-8(10-2)6-4-7;7-5-3-1-2-4-6(5)8;1-3-6-4(8)2-5(9)7-3;1-5(2,3)4/h8-11H,4-7H2,1-3H3;2-5H2,1H3;2-5H2,1H3,(H,12,13,14);3-6,9H,1-2H3;5H,1-4H2;2H,1H3,(H2,6,7,8,9);. The maximum absolute atomic E-state index is 11.8. The van der Waals surface area contributed by atoms with Gasteiger partial charge in [-0.1, -0.05) is 18.0 Å². The number of benzene rings is 2. The van der Waals surface area contributed by atoms with E-state index < -0.39 is 5.20 Å². The molecular formula is C60H70Cl5N10O10P. The second kappa shape index (κ2) is 31.3. The zero-order chi connectivity index (χ0) is 62.2. The first-order valence-electron chi connectivity index (χ1n) is 28.1. The minimum Gasteiger partial charge on any atom is -0.497 e. The lowest BCUT2D eigenvalue weighted by molar-refractivity contribution is -0.119. The van der Waals surface area contributed by atoms with Crippen molar-refractivity contribution in [1.29, 1.82) is 0 Å². The molecule has 4 aliphatic carbocycles. The fourth-order valence-electron chi connectivity index (χ4n) is 10.2. The Morgan fingerprint density at radius 1 is 0.616 bits per heavy atom. The Morgan fingerprint density at radius 3 is 1.55 bits per heavy atom. The van der Waals surface area contributed by atoms with Crippen LogP contribution in [-0.4, -0.2) is 84.5 Å². The van der Waals surface area contributed by atoms with E-state index in [9.17, 15) is 18.9 Å². The fraction of sp³-hybridized carbons (Fsp3) is 0.417. The third kappa shape index (κ3) is 18.7. The summed E-state index contributed by atoms with van der Waals surface area (Å²) in [5, 5.41) is 11.5. The molecule has 0 aliphatic heterocycles. The number of ketones is 1. The largest absolute Gasteiger partial charge is 0.497 e. The summed E-state index contributed by atoms with van der Waals surface area (Å²) < 4.78 is 37.1. The van der Waals surface area contributed by atoms with Gasteiger partial charge in [-0.05, 0) is 181 Å². The SMILES string of the molecule is CNc1ccc(OC)cc1.COc1ccc(N(C)c2nc(C)nc3oc4c(c23)CCCC4)cc1.Cc1nc(Cl)c2c3c(oc2n1)CCCC3.Cc1nc(O)cc(=O)[nH]1.Cc1nc2oc3c(c2c(=O)[nH]1)CCCC3.O=C1CCCCC1Cl.O=P(Cl)(Cl)Cl. The lowest BCUT2D eigenvalue weighted by atomic mass is 9.96. The van der Waals surface area contributed by atoms with Crippen LogP contribution in [0.15, 0.2) is 77.4 Å². The number of aromatic amines is 2. The Labute approximate surface area is 521 Å². The summed E-state index contributed by atoms with van der Waals surface area (Å²) in [5.74, 6) is 8.15. The van der Waals surface area contributed by atoms with Gasteiger partial charge in [0.25, 0.3) is 11.1 Å². The molecule has 0 spiro atoms. The van der Waals surface area contributed by atoms with Gasteiger partial charge < -0.3 is 48.0 Å². The first-order valence-corrected chi connectivity index (χ1v) is 33.3. The number of Topliss-reactive ketones (excluding diaryl/α,β-unsaturated/α-hetero) is 1. The molecule has 1 fully saturated rings. The summed E-state index contributed by atoms with van der Waals surface area (Å²) in [6.45, 7) is 7.10. The van der Waals surface area contributed by atoms with Crippen molar-refractivity contribution in [3.63, 3.8) is 0 Å². The predicted molar refractivity (Wildman–Crippen MR) is 341 cm³/mol. The molecule has 4 N–H and O–H groups in total. The lowest BCUT2D eigenvalue weighted by Crippen LogP contribution is -2.18. The molecule has 86 heavy (non-hydrogen) atoms. The zero-order valence-electron chi connectivity index (χ0n) is 49.2. The molecule has 0 saturated heterocycles. The van der Waals surface area contributed by atoms with E-state index in [0.29, 0.717) is 51.6 Å². The van der Waals surface area contributed by atoms with Crippen LogP contribution in [-0.2, 0) is 47.9 Å². The Balaban J connectivity index is 0.000000151. The van der Waals surface area contributed by atoms with E-state index in [1.807, 2.05) is 76.5 Å². The molecule has 7 heterocycles. The smallest absolute Gasteiger partial charge is 0.339 e. The number of rotatable bonds is 5. The molecule has 0 radical (unpaired) electrons. The van der Waals surface area contributed by atoms with E-state index in [4.69, 9.17) is 56.0 Å². The number of nitrogens with one attached hydrogen (secondary N) is 3. The van der Waals surface area contributed by atoms with Gasteiger partial charge in [0, 0.05) is 67.8 Å². The number of halogens is 5. The monoisotopic (exact) mass is 1300 g/mol. The number of H-pyrrole nitrogens is 2. The molecule has 0 bridgehead atoms. The van der Waals surface area contributed by atoms with Gasteiger partial charge >= 0.3 is 5.20 Å². The summed E-state index contributed by atoms with van der Waals surface area (Å²) in [5.41, 5.74) is 7.20. The minimum atomic E-state index is -3.22. The van der Waals surface area contributed by atoms with Crippen LogP contribution in [0, 0.1) is 27.7 Å². The number of hydrogen-bond donors (Lipinski definition) is 4. The van der Waals surface area contributed by atoms with Gasteiger partial charge in [-0.15, -0.1) is 11.6 Å². The number of fused-ring (bicyclic) bond motifs is 9. The number of anilines is 3. The van der Waals surface area contributed by atoms with Crippen LogP contribution < -0.4 is 30.8 Å². The average molecular weight is 1300 g/mol. The molecular weight excluding hydrogens is 1230 g/mol. The van der Waals surface area contributed by atoms with Gasteiger partial charge in [-0.3, -0.25) is 18.9 Å². The normalized spacial score (nSPS) is 14.8. The number of carbonyl (C=O) groups excluding carboxylic acids is 1. The Morgan fingerprint density at radius 2 is 1.07 bits per heavy atom. The maximum Gasteiger partial charge on any atom is 0.339 e. The highest BCUT2D eigenvalue weighted by Crippen LogP contribution is 2.61. The first-order chi connectivity index (χ1) is 41.0. The summed E-state index contributed by atoms with van der Waals surface area (Å²) in [7, 11) is 7.26. The van der Waals surface area contributed by atoms with Gasteiger partial charge in [-0.25, -0.2) is 15.0 Å². The molecule has 1 atom stereocenters. The maximum atomic E-state index is 11.8. The predicted octanol–water partition coefficient (Wildman–Crippen LogP) is 15.0. The molecule has 0 amide bonds. The Hall–Kier alpha value is -6.67.